The van der Waals surface area contributed by atoms with Crippen LogP contribution in [0.5, 0.6) is 0 Å². The van der Waals surface area contributed by atoms with Gasteiger partial charge in [0.25, 0.3) is 0 Å². The van der Waals surface area contributed by atoms with Crippen LogP contribution in [0.1, 0.15) is 39.0 Å². The molecule has 2 saturated carbocycles. The van der Waals surface area contributed by atoms with Crippen molar-refractivity contribution in [1.29, 1.82) is 5.26 Å². The largest absolute Gasteiger partial charge is 0.193 e. The van der Waals surface area contributed by atoms with Crippen molar-refractivity contribution in [3.8, 4) is 6.07 Å². The van der Waals surface area contributed by atoms with E-state index in [1.54, 1.807) is 5.57 Å². The Morgan fingerprint density at radius 2 is 2.26 bits per heavy atom. The maximum Gasteiger partial charge on any atom is 0.0947 e. The summed E-state index contributed by atoms with van der Waals surface area (Å²) in [5.41, 5.74) is 4.64. The van der Waals surface area contributed by atoms with E-state index in [1.165, 1.54) is 31.3 Å². The molecule has 4 rings (SSSR count). The van der Waals surface area contributed by atoms with Gasteiger partial charge in [0.15, 0.2) is 0 Å². The highest BCUT2D eigenvalue weighted by molar-refractivity contribution is 5.42. The Bertz CT molecular complexity index is 559. The lowest BCUT2D eigenvalue weighted by atomic mass is 9.70. The van der Waals surface area contributed by atoms with Gasteiger partial charge in [-0.2, -0.15) is 5.26 Å². The van der Waals surface area contributed by atoms with Crippen LogP contribution in [0.2, 0.25) is 0 Å². The van der Waals surface area contributed by atoms with Crippen LogP contribution < -0.4 is 0 Å². The van der Waals surface area contributed by atoms with E-state index in [1.807, 2.05) is 0 Å². The van der Waals surface area contributed by atoms with Crippen molar-refractivity contribution in [2.24, 2.45) is 29.1 Å². The van der Waals surface area contributed by atoms with Crippen LogP contribution in [0.15, 0.2) is 35.5 Å². The van der Waals surface area contributed by atoms with Gasteiger partial charge in [-0.3, -0.25) is 0 Å². The number of allylic oxidation sites excluding steroid dienone is 5. The number of rotatable bonds is 0. The van der Waals surface area contributed by atoms with Crippen molar-refractivity contribution in [2.75, 3.05) is 0 Å². The van der Waals surface area contributed by atoms with E-state index in [-0.39, 0.29) is 0 Å². The second-order valence-corrected chi connectivity index (χ2v) is 7.13. The predicted octanol–water partition coefficient (Wildman–Crippen LogP) is 4.39. The lowest BCUT2D eigenvalue weighted by Crippen LogP contribution is -2.25. The van der Waals surface area contributed by atoms with Gasteiger partial charge in [0, 0.05) is 11.5 Å². The van der Waals surface area contributed by atoms with Gasteiger partial charge in [0.1, 0.15) is 0 Å². The van der Waals surface area contributed by atoms with E-state index < -0.39 is 0 Å². The minimum absolute atomic E-state index is 0.477. The molecule has 19 heavy (non-hydrogen) atoms. The summed E-state index contributed by atoms with van der Waals surface area (Å²) in [7, 11) is 0. The molecule has 0 spiro atoms. The first-order valence-electron chi connectivity index (χ1n) is 7.63. The summed E-state index contributed by atoms with van der Waals surface area (Å²) in [6.07, 6.45) is 10.6. The lowest BCUT2D eigenvalue weighted by molar-refractivity contribution is 0.304. The molecule has 0 radical (unpaired) electrons. The third kappa shape index (κ3) is 1.35. The van der Waals surface area contributed by atoms with Crippen molar-refractivity contribution in [3.63, 3.8) is 0 Å². The summed E-state index contributed by atoms with van der Waals surface area (Å²) in [6.45, 7) is 6.77. The number of nitrogens with zero attached hydrogens (tertiary/aromatic N) is 1. The summed E-state index contributed by atoms with van der Waals surface area (Å²) in [5.74, 6) is 2.54. The average molecular weight is 251 g/mol. The quantitative estimate of drug-likeness (QED) is 0.586. The SMILES string of the molecule is C=C1CC=C(C#N)[C@H]2[C@@H]3[C@@H]4C(=CCC[C@]34C)CC[C@H]12. The van der Waals surface area contributed by atoms with E-state index in [0.717, 1.165) is 23.8 Å². The number of hydrogen-bond donors (Lipinski definition) is 0. The molecule has 2 fully saturated rings. The molecule has 5 atom stereocenters. The van der Waals surface area contributed by atoms with Crippen LogP contribution in [-0.4, -0.2) is 0 Å². The van der Waals surface area contributed by atoms with Gasteiger partial charge in [0.2, 0.25) is 0 Å². The Hall–Kier alpha value is -1.29. The predicted molar refractivity (Wildman–Crippen MR) is 76.1 cm³/mol. The van der Waals surface area contributed by atoms with E-state index in [2.05, 4.69) is 31.7 Å². The zero-order valence-corrected chi connectivity index (χ0v) is 11.7. The van der Waals surface area contributed by atoms with Crippen molar-refractivity contribution in [2.45, 2.75) is 39.0 Å². The molecule has 98 valence electrons. The first-order valence-corrected chi connectivity index (χ1v) is 7.63. The third-order valence-corrected chi connectivity index (χ3v) is 6.37. The minimum Gasteiger partial charge on any atom is -0.193 e. The third-order valence-electron chi connectivity index (χ3n) is 6.37. The summed E-state index contributed by atoms with van der Waals surface area (Å²) in [4.78, 5) is 0. The molecule has 0 N–H and O–H groups in total. The molecule has 0 unspecified atom stereocenters. The number of nitriles is 1. The van der Waals surface area contributed by atoms with Crippen molar-refractivity contribution in [3.05, 3.63) is 35.5 Å². The smallest absolute Gasteiger partial charge is 0.0947 e. The Kier molecular flexibility index (Phi) is 2.20. The summed E-state index contributed by atoms with van der Waals surface area (Å²) >= 11 is 0. The molecule has 0 aliphatic heterocycles. The van der Waals surface area contributed by atoms with Crippen LogP contribution >= 0.6 is 0 Å². The van der Waals surface area contributed by atoms with Gasteiger partial charge in [-0.25, -0.2) is 0 Å². The second-order valence-electron chi connectivity index (χ2n) is 7.13. The van der Waals surface area contributed by atoms with Crippen LogP contribution in [0.4, 0.5) is 0 Å². The maximum atomic E-state index is 9.51. The molecule has 0 saturated heterocycles. The van der Waals surface area contributed by atoms with Gasteiger partial charge < -0.3 is 0 Å². The fraction of sp³-hybridized carbons (Fsp3) is 0.611. The molecular formula is C18H21N. The molecule has 0 heterocycles. The Morgan fingerprint density at radius 3 is 3.05 bits per heavy atom. The first kappa shape index (κ1) is 11.5. The summed E-state index contributed by atoms with van der Waals surface area (Å²) in [5, 5.41) is 9.51. The summed E-state index contributed by atoms with van der Waals surface area (Å²) < 4.78 is 0. The monoisotopic (exact) mass is 251 g/mol. The first-order chi connectivity index (χ1) is 9.16. The molecule has 1 nitrogen and oxygen atoms in total. The Balaban J connectivity index is 1.82. The van der Waals surface area contributed by atoms with Gasteiger partial charge in [-0.15, -0.1) is 0 Å². The number of hydrogen-bond acceptors (Lipinski definition) is 1. The summed E-state index contributed by atoms with van der Waals surface area (Å²) in [6, 6.07) is 2.51. The Morgan fingerprint density at radius 1 is 1.42 bits per heavy atom. The van der Waals surface area contributed by atoms with Gasteiger partial charge in [-0.05, 0) is 55.3 Å². The molecule has 0 aromatic rings. The normalized spacial score (nSPS) is 47.1. The molecule has 0 aromatic heterocycles. The molecule has 4 aliphatic rings. The topological polar surface area (TPSA) is 23.8 Å². The molecule has 1 heteroatoms. The zero-order chi connectivity index (χ0) is 13.2. The van der Waals surface area contributed by atoms with E-state index in [4.69, 9.17) is 0 Å². The molecule has 0 amide bonds. The zero-order valence-electron chi connectivity index (χ0n) is 11.7. The van der Waals surface area contributed by atoms with E-state index in [9.17, 15) is 5.26 Å². The lowest BCUT2D eigenvalue weighted by Gasteiger charge is -2.33. The van der Waals surface area contributed by atoms with Crippen molar-refractivity contribution >= 4 is 0 Å². The Labute approximate surface area is 115 Å². The van der Waals surface area contributed by atoms with Gasteiger partial charge in [0.05, 0.1) is 6.07 Å². The van der Waals surface area contributed by atoms with Crippen molar-refractivity contribution < 1.29 is 0 Å². The highest BCUT2D eigenvalue weighted by Gasteiger charge is 2.67. The highest BCUT2D eigenvalue weighted by atomic mass is 14.7. The van der Waals surface area contributed by atoms with Crippen molar-refractivity contribution in [1.82, 2.24) is 0 Å². The molecular weight excluding hydrogens is 230 g/mol. The fourth-order valence-electron chi connectivity index (χ4n) is 5.42. The van der Waals surface area contributed by atoms with Crippen LogP contribution in [-0.2, 0) is 0 Å². The van der Waals surface area contributed by atoms with E-state index in [0.29, 0.717) is 17.3 Å². The molecule has 0 bridgehead atoms. The minimum atomic E-state index is 0.477. The van der Waals surface area contributed by atoms with Crippen LogP contribution in [0, 0.1) is 40.4 Å². The average Bonchev–Trinajstić information content (AvgIpc) is 3.07. The second kappa shape index (κ2) is 3.63. The maximum absolute atomic E-state index is 9.51. The van der Waals surface area contributed by atoms with Gasteiger partial charge in [-0.1, -0.05) is 36.8 Å². The standard InChI is InChI=1S/C18H21N/c1-11-5-6-13(10-19)15-14(11)8-7-12-4-3-9-18(2)16(12)17(15)18/h4,6,14-17H,1,3,5,7-9H2,2H3/t14-,15-,16+,17-,18+/m1/s1. The highest BCUT2D eigenvalue weighted by Crippen LogP contribution is 2.74. The van der Waals surface area contributed by atoms with Gasteiger partial charge >= 0.3 is 0 Å². The molecule has 4 aliphatic carbocycles. The number of fused-ring (bicyclic) bond motifs is 3. The van der Waals surface area contributed by atoms with Crippen LogP contribution in [0.25, 0.3) is 0 Å². The fourth-order valence-corrected chi connectivity index (χ4v) is 5.42. The van der Waals surface area contributed by atoms with Crippen LogP contribution in [0.3, 0.4) is 0 Å². The molecule has 0 aromatic carbocycles. The van der Waals surface area contributed by atoms with E-state index >= 15 is 0 Å².